The molecule has 1 aliphatic heterocycles. The van der Waals surface area contributed by atoms with Crippen LogP contribution in [0.5, 0.6) is 0 Å². The average molecular weight is 414 g/mol. The van der Waals surface area contributed by atoms with E-state index >= 15 is 0 Å². The lowest BCUT2D eigenvalue weighted by Gasteiger charge is -2.38. The van der Waals surface area contributed by atoms with Crippen LogP contribution in [0.3, 0.4) is 0 Å². The quantitative estimate of drug-likeness (QED) is 0.650. The predicted octanol–water partition coefficient (Wildman–Crippen LogP) is 4.19. The van der Waals surface area contributed by atoms with E-state index in [0.29, 0.717) is 6.42 Å². The number of carbonyl (C=O) groups is 3. The molecule has 2 fully saturated rings. The average Bonchev–Trinajstić information content (AvgIpc) is 2.98. The normalized spacial score (nSPS) is 22.5. The van der Waals surface area contributed by atoms with Gasteiger partial charge in [0.25, 0.3) is 5.91 Å². The highest BCUT2D eigenvalue weighted by atomic mass is 16.2. The van der Waals surface area contributed by atoms with Crippen molar-refractivity contribution >= 4 is 17.8 Å². The van der Waals surface area contributed by atoms with Crippen LogP contribution in [0.4, 0.5) is 4.79 Å². The molecular formula is C24H35N3O3. The van der Waals surface area contributed by atoms with E-state index in [9.17, 15) is 14.4 Å². The third-order valence-corrected chi connectivity index (χ3v) is 6.45. The maximum absolute atomic E-state index is 13.5. The first-order valence-electron chi connectivity index (χ1n) is 11.4. The number of amides is 4. The van der Waals surface area contributed by atoms with Crippen LogP contribution in [0.1, 0.15) is 77.7 Å². The second-order valence-electron chi connectivity index (χ2n) is 8.88. The van der Waals surface area contributed by atoms with Crippen LogP contribution in [0.25, 0.3) is 0 Å². The van der Waals surface area contributed by atoms with Gasteiger partial charge in [-0.3, -0.25) is 14.5 Å². The number of carbonyl (C=O) groups excluding carboxylic acids is 3. The van der Waals surface area contributed by atoms with Crippen LogP contribution in [0.15, 0.2) is 30.3 Å². The molecule has 30 heavy (non-hydrogen) atoms. The van der Waals surface area contributed by atoms with E-state index in [-0.39, 0.29) is 30.4 Å². The summed E-state index contributed by atoms with van der Waals surface area (Å²) in [7, 11) is 0. The van der Waals surface area contributed by atoms with Gasteiger partial charge in [0.1, 0.15) is 12.1 Å². The largest absolute Gasteiger partial charge is 0.336 e. The minimum atomic E-state index is -1.08. The number of hydrogen-bond acceptors (Lipinski definition) is 3. The van der Waals surface area contributed by atoms with Crippen molar-refractivity contribution in [1.29, 1.82) is 0 Å². The third-order valence-electron chi connectivity index (χ3n) is 6.45. The minimum Gasteiger partial charge on any atom is -0.336 e. The molecule has 1 aromatic carbocycles. The van der Waals surface area contributed by atoms with Gasteiger partial charge < -0.3 is 10.2 Å². The summed E-state index contributed by atoms with van der Waals surface area (Å²) < 4.78 is 0. The Morgan fingerprint density at radius 2 is 1.83 bits per heavy atom. The number of unbranched alkanes of at least 4 members (excludes halogenated alkanes) is 1. The number of rotatable bonds is 8. The number of urea groups is 1. The van der Waals surface area contributed by atoms with Gasteiger partial charge in [-0.05, 0) is 38.7 Å². The SMILES string of the molecule is CCCCC1(c2ccccc2)NC(=O)N(CC(=O)N(C(C)C)C2CCCCC2)C1=O. The summed E-state index contributed by atoms with van der Waals surface area (Å²) in [6.07, 6.45) is 7.70. The van der Waals surface area contributed by atoms with E-state index in [0.717, 1.165) is 49.0 Å². The zero-order chi connectivity index (χ0) is 21.7. The van der Waals surface area contributed by atoms with Crippen molar-refractivity contribution in [2.75, 3.05) is 6.54 Å². The van der Waals surface area contributed by atoms with E-state index < -0.39 is 11.6 Å². The molecule has 1 aliphatic carbocycles. The van der Waals surface area contributed by atoms with Crippen LogP contribution < -0.4 is 5.32 Å². The fraction of sp³-hybridized carbons (Fsp3) is 0.625. The lowest BCUT2D eigenvalue weighted by molar-refractivity contribution is -0.142. The number of nitrogens with zero attached hydrogens (tertiary/aromatic N) is 2. The van der Waals surface area contributed by atoms with Gasteiger partial charge in [0.15, 0.2) is 0 Å². The predicted molar refractivity (Wildman–Crippen MR) is 117 cm³/mol. The Bertz CT molecular complexity index is 758. The number of hydrogen-bond donors (Lipinski definition) is 1. The second kappa shape index (κ2) is 9.63. The molecule has 0 aromatic heterocycles. The summed E-state index contributed by atoms with van der Waals surface area (Å²) in [6.45, 7) is 5.88. The van der Waals surface area contributed by atoms with E-state index in [2.05, 4.69) is 12.2 Å². The van der Waals surface area contributed by atoms with Crippen LogP contribution in [-0.4, -0.2) is 46.3 Å². The zero-order valence-corrected chi connectivity index (χ0v) is 18.5. The first kappa shape index (κ1) is 22.3. The van der Waals surface area contributed by atoms with Gasteiger partial charge >= 0.3 is 6.03 Å². The molecule has 0 bridgehead atoms. The molecule has 1 saturated heterocycles. The Labute approximate surface area is 180 Å². The van der Waals surface area contributed by atoms with Crippen molar-refractivity contribution in [2.45, 2.75) is 89.8 Å². The van der Waals surface area contributed by atoms with Gasteiger partial charge in [0.2, 0.25) is 5.91 Å². The molecule has 6 heteroatoms. The van der Waals surface area contributed by atoms with Crippen LogP contribution in [0.2, 0.25) is 0 Å². The van der Waals surface area contributed by atoms with Crippen LogP contribution >= 0.6 is 0 Å². The summed E-state index contributed by atoms with van der Waals surface area (Å²) in [6, 6.07) is 9.17. The highest BCUT2D eigenvalue weighted by Crippen LogP contribution is 2.34. The van der Waals surface area contributed by atoms with Gasteiger partial charge in [0.05, 0.1) is 0 Å². The Morgan fingerprint density at radius 1 is 1.17 bits per heavy atom. The van der Waals surface area contributed by atoms with Crippen molar-refractivity contribution in [3.05, 3.63) is 35.9 Å². The molecule has 2 aliphatic rings. The Morgan fingerprint density at radius 3 is 2.43 bits per heavy atom. The summed E-state index contributed by atoms with van der Waals surface area (Å²) in [5.74, 6) is -0.451. The summed E-state index contributed by atoms with van der Waals surface area (Å²) in [4.78, 5) is 42.7. The molecule has 1 heterocycles. The van der Waals surface area contributed by atoms with E-state index in [1.807, 2.05) is 49.1 Å². The maximum Gasteiger partial charge on any atom is 0.325 e. The molecule has 0 radical (unpaired) electrons. The molecule has 3 rings (SSSR count). The van der Waals surface area contributed by atoms with Gasteiger partial charge in [0, 0.05) is 12.1 Å². The Hall–Kier alpha value is -2.37. The molecule has 1 atom stereocenters. The molecule has 4 amide bonds. The highest BCUT2D eigenvalue weighted by Gasteiger charge is 2.52. The van der Waals surface area contributed by atoms with Crippen molar-refractivity contribution in [3.63, 3.8) is 0 Å². The van der Waals surface area contributed by atoms with E-state index in [1.165, 1.54) is 6.42 Å². The molecule has 6 nitrogen and oxygen atoms in total. The Kier molecular flexibility index (Phi) is 7.16. The molecule has 0 spiro atoms. The molecule has 1 aromatic rings. The zero-order valence-electron chi connectivity index (χ0n) is 18.5. The van der Waals surface area contributed by atoms with E-state index in [4.69, 9.17) is 0 Å². The van der Waals surface area contributed by atoms with E-state index in [1.54, 1.807) is 0 Å². The van der Waals surface area contributed by atoms with Crippen molar-refractivity contribution in [2.24, 2.45) is 0 Å². The summed E-state index contributed by atoms with van der Waals surface area (Å²) in [5.41, 5.74) is -0.304. The van der Waals surface area contributed by atoms with Crippen molar-refractivity contribution in [1.82, 2.24) is 15.1 Å². The first-order chi connectivity index (χ1) is 14.4. The molecule has 1 unspecified atom stereocenters. The standard InChI is InChI=1S/C24H35N3O3/c1-4-5-16-24(19-12-8-6-9-13-19)22(29)26(23(30)25-24)17-21(28)27(18(2)3)20-14-10-7-11-15-20/h6,8-9,12-13,18,20H,4-5,7,10-11,14-17H2,1-3H3,(H,25,30). The molecular weight excluding hydrogens is 378 g/mol. The van der Waals surface area contributed by atoms with Crippen LogP contribution in [0, 0.1) is 0 Å². The van der Waals surface area contributed by atoms with Crippen LogP contribution in [-0.2, 0) is 15.1 Å². The highest BCUT2D eigenvalue weighted by molar-refractivity contribution is 6.09. The fourth-order valence-corrected chi connectivity index (χ4v) is 4.93. The fourth-order valence-electron chi connectivity index (χ4n) is 4.93. The van der Waals surface area contributed by atoms with Gasteiger partial charge in [-0.1, -0.05) is 69.4 Å². The van der Waals surface area contributed by atoms with Crippen molar-refractivity contribution < 1.29 is 14.4 Å². The number of imide groups is 1. The van der Waals surface area contributed by atoms with Gasteiger partial charge in [-0.15, -0.1) is 0 Å². The van der Waals surface area contributed by atoms with Gasteiger partial charge in [-0.2, -0.15) is 0 Å². The summed E-state index contributed by atoms with van der Waals surface area (Å²) >= 11 is 0. The first-order valence-corrected chi connectivity index (χ1v) is 11.4. The van der Waals surface area contributed by atoms with Gasteiger partial charge in [-0.25, -0.2) is 4.79 Å². The minimum absolute atomic E-state index is 0.0420. The third kappa shape index (κ3) is 4.37. The maximum atomic E-state index is 13.5. The Balaban J connectivity index is 1.82. The second-order valence-corrected chi connectivity index (χ2v) is 8.88. The van der Waals surface area contributed by atoms with Crippen molar-refractivity contribution in [3.8, 4) is 0 Å². The smallest absolute Gasteiger partial charge is 0.325 e. The molecule has 164 valence electrons. The topological polar surface area (TPSA) is 69.7 Å². The molecule has 1 saturated carbocycles. The number of benzene rings is 1. The lowest BCUT2D eigenvalue weighted by Crippen LogP contribution is -2.51. The number of nitrogens with one attached hydrogen (secondary N) is 1. The lowest BCUT2D eigenvalue weighted by atomic mass is 9.85. The summed E-state index contributed by atoms with van der Waals surface area (Å²) in [5, 5.41) is 2.94. The molecule has 1 N–H and O–H groups in total. The monoisotopic (exact) mass is 413 g/mol.